The maximum absolute atomic E-state index is 12.7. The standard InChI is InChI=1S/C8H6ClFN2OS/c9-5-3-4(1-2-6(5)10)7(13)12-8(11)14/h1-3H,(H3,11,12,13,14). The molecule has 0 aromatic heterocycles. The third-order valence-electron chi connectivity index (χ3n) is 1.42. The molecule has 0 saturated heterocycles. The first-order chi connectivity index (χ1) is 6.50. The van der Waals surface area contributed by atoms with E-state index in [1.165, 1.54) is 12.1 Å². The second kappa shape index (κ2) is 4.34. The Balaban J connectivity index is 2.91. The Morgan fingerprint density at radius 3 is 2.71 bits per heavy atom. The third kappa shape index (κ3) is 2.65. The first-order valence-electron chi connectivity index (χ1n) is 3.56. The summed E-state index contributed by atoms with van der Waals surface area (Å²) in [5, 5.41) is 1.93. The van der Waals surface area contributed by atoms with Crippen molar-refractivity contribution in [2.45, 2.75) is 0 Å². The van der Waals surface area contributed by atoms with Gasteiger partial charge in [-0.15, -0.1) is 0 Å². The van der Waals surface area contributed by atoms with E-state index < -0.39 is 11.7 Å². The smallest absolute Gasteiger partial charge is 0.257 e. The molecule has 0 fully saturated rings. The van der Waals surface area contributed by atoms with Gasteiger partial charge in [0.2, 0.25) is 0 Å². The molecule has 3 N–H and O–H groups in total. The van der Waals surface area contributed by atoms with Gasteiger partial charge < -0.3 is 5.73 Å². The van der Waals surface area contributed by atoms with Gasteiger partial charge in [-0.05, 0) is 30.4 Å². The lowest BCUT2D eigenvalue weighted by molar-refractivity contribution is 0.0977. The molecule has 0 saturated carbocycles. The van der Waals surface area contributed by atoms with Crippen LogP contribution in [0.5, 0.6) is 0 Å². The predicted molar refractivity (Wildman–Crippen MR) is 55.7 cm³/mol. The minimum Gasteiger partial charge on any atom is -0.376 e. The summed E-state index contributed by atoms with van der Waals surface area (Å²) in [7, 11) is 0. The van der Waals surface area contributed by atoms with Crippen LogP contribution in [-0.4, -0.2) is 11.0 Å². The van der Waals surface area contributed by atoms with Crippen molar-refractivity contribution in [2.24, 2.45) is 5.73 Å². The number of amides is 1. The zero-order valence-corrected chi connectivity index (χ0v) is 8.45. The van der Waals surface area contributed by atoms with Gasteiger partial charge in [0.1, 0.15) is 5.82 Å². The van der Waals surface area contributed by atoms with Crippen LogP contribution in [-0.2, 0) is 0 Å². The highest BCUT2D eigenvalue weighted by Crippen LogP contribution is 2.15. The summed E-state index contributed by atoms with van der Waals surface area (Å²) in [4.78, 5) is 11.3. The molecule has 0 unspecified atom stereocenters. The summed E-state index contributed by atoms with van der Waals surface area (Å²) in [6.07, 6.45) is 0. The van der Waals surface area contributed by atoms with Gasteiger partial charge in [-0.2, -0.15) is 0 Å². The van der Waals surface area contributed by atoms with E-state index >= 15 is 0 Å². The molecule has 14 heavy (non-hydrogen) atoms. The summed E-state index contributed by atoms with van der Waals surface area (Å²) >= 11 is 9.94. The van der Waals surface area contributed by atoms with Crippen molar-refractivity contribution in [1.29, 1.82) is 0 Å². The van der Waals surface area contributed by atoms with Crippen LogP contribution < -0.4 is 11.1 Å². The summed E-state index contributed by atoms with van der Waals surface area (Å²) in [6.45, 7) is 0. The third-order valence-corrected chi connectivity index (χ3v) is 1.81. The van der Waals surface area contributed by atoms with Crippen molar-refractivity contribution < 1.29 is 9.18 Å². The summed E-state index contributed by atoms with van der Waals surface area (Å²) in [6, 6.07) is 3.58. The largest absolute Gasteiger partial charge is 0.376 e. The molecule has 0 aliphatic heterocycles. The van der Waals surface area contributed by atoms with E-state index in [9.17, 15) is 9.18 Å². The number of halogens is 2. The van der Waals surface area contributed by atoms with E-state index in [2.05, 4.69) is 17.5 Å². The number of carbonyl (C=O) groups is 1. The number of hydrogen-bond donors (Lipinski definition) is 2. The fourth-order valence-corrected chi connectivity index (χ4v) is 1.09. The van der Waals surface area contributed by atoms with Crippen molar-refractivity contribution >= 4 is 34.8 Å². The number of nitrogens with two attached hydrogens (primary N) is 1. The molecule has 0 aliphatic carbocycles. The molecule has 0 bridgehead atoms. The average molecular weight is 233 g/mol. The van der Waals surface area contributed by atoms with Gasteiger partial charge in [0.15, 0.2) is 5.11 Å². The summed E-state index contributed by atoms with van der Waals surface area (Å²) in [5.74, 6) is -1.10. The predicted octanol–water partition coefficient (Wildman–Crippen LogP) is 1.45. The maximum atomic E-state index is 12.7. The number of carbonyl (C=O) groups excluding carboxylic acids is 1. The highest BCUT2D eigenvalue weighted by atomic mass is 35.5. The molecule has 3 nitrogen and oxygen atoms in total. The van der Waals surface area contributed by atoms with Gasteiger partial charge in [-0.1, -0.05) is 11.6 Å². The van der Waals surface area contributed by atoms with Crippen molar-refractivity contribution in [3.63, 3.8) is 0 Å². The van der Waals surface area contributed by atoms with Gasteiger partial charge in [0, 0.05) is 5.56 Å². The molecule has 74 valence electrons. The first-order valence-corrected chi connectivity index (χ1v) is 4.35. The molecule has 1 amide bonds. The van der Waals surface area contributed by atoms with Crippen molar-refractivity contribution in [1.82, 2.24) is 5.32 Å². The zero-order chi connectivity index (χ0) is 10.7. The number of thiocarbonyl (C=S) groups is 1. The van der Waals surface area contributed by atoms with E-state index in [-0.39, 0.29) is 15.7 Å². The highest BCUT2D eigenvalue weighted by molar-refractivity contribution is 7.80. The van der Waals surface area contributed by atoms with E-state index in [1.807, 2.05) is 0 Å². The van der Waals surface area contributed by atoms with Gasteiger partial charge in [-0.25, -0.2) is 4.39 Å². The van der Waals surface area contributed by atoms with E-state index in [4.69, 9.17) is 17.3 Å². The van der Waals surface area contributed by atoms with Crippen molar-refractivity contribution in [3.05, 3.63) is 34.6 Å². The molecule has 1 rings (SSSR count). The van der Waals surface area contributed by atoms with E-state index in [1.54, 1.807) is 0 Å². The summed E-state index contributed by atoms with van der Waals surface area (Å²) in [5.41, 5.74) is 5.29. The molecule has 1 aromatic rings. The van der Waals surface area contributed by atoms with Gasteiger partial charge in [-0.3, -0.25) is 10.1 Å². The molecule has 0 aliphatic rings. The van der Waals surface area contributed by atoms with Gasteiger partial charge >= 0.3 is 0 Å². The molecular formula is C8H6ClFN2OS. The first kappa shape index (κ1) is 10.9. The Bertz CT molecular complexity index is 397. The SMILES string of the molecule is NC(=S)NC(=O)c1ccc(F)c(Cl)c1. The van der Waals surface area contributed by atoms with Crippen LogP contribution in [0, 0.1) is 5.82 Å². The zero-order valence-electron chi connectivity index (χ0n) is 6.88. The minimum absolute atomic E-state index is 0.124. The van der Waals surface area contributed by atoms with E-state index in [0.717, 1.165) is 6.07 Å². The Kier molecular flexibility index (Phi) is 3.38. The second-order valence-electron chi connectivity index (χ2n) is 2.45. The van der Waals surface area contributed by atoms with Crippen LogP contribution in [0.1, 0.15) is 10.4 Å². The average Bonchev–Trinajstić information content (AvgIpc) is 2.08. The lowest BCUT2D eigenvalue weighted by Gasteiger charge is -2.02. The molecular weight excluding hydrogens is 227 g/mol. The minimum atomic E-state index is -0.585. The molecule has 0 atom stereocenters. The Morgan fingerprint density at radius 1 is 1.57 bits per heavy atom. The molecule has 0 heterocycles. The number of benzene rings is 1. The molecule has 0 spiro atoms. The van der Waals surface area contributed by atoms with Crippen LogP contribution in [0.15, 0.2) is 18.2 Å². The second-order valence-corrected chi connectivity index (χ2v) is 3.29. The Labute approximate surface area is 90.0 Å². The number of hydrogen-bond acceptors (Lipinski definition) is 2. The molecule has 6 heteroatoms. The fraction of sp³-hybridized carbons (Fsp3) is 0. The van der Waals surface area contributed by atoms with Crippen molar-refractivity contribution in [2.75, 3.05) is 0 Å². The Hall–Kier alpha value is -1.20. The van der Waals surface area contributed by atoms with Crippen LogP contribution in [0.2, 0.25) is 5.02 Å². The summed E-state index contributed by atoms with van der Waals surface area (Å²) < 4.78 is 12.7. The van der Waals surface area contributed by atoms with Gasteiger partial charge in [0.05, 0.1) is 5.02 Å². The van der Waals surface area contributed by atoms with E-state index in [0.29, 0.717) is 0 Å². The van der Waals surface area contributed by atoms with Gasteiger partial charge in [0.25, 0.3) is 5.91 Å². The van der Waals surface area contributed by atoms with Crippen LogP contribution in [0.25, 0.3) is 0 Å². The van der Waals surface area contributed by atoms with Crippen LogP contribution in [0.3, 0.4) is 0 Å². The molecule has 1 aromatic carbocycles. The number of nitrogens with one attached hydrogen (secondary N) is 1. The normalized spacial score (nSPS) is 9.57. The maximum Gasteiger partial charge on any atom is 0.257 e. The van der Waals surface area contributed by atoms with Crippen LogP contribution >= 0.6 is 23.8 Å². The fourth-order valence-electron chi connectivity index (χ4n) is 0.821. The quantitative estimate of drug-likeness (QED) is 0.721. The Morgan fingerprint density at radius 2 is 2.21 bits per heavy atom. The lowest BCUT2D eigenvalue weighted by Crippen LogP contribution is -2.34. The van der Waals surface area contributed by atoms with Crippen LogP contribution in [0.4, 0.5) is 4.39 Å². The van der Waals surface area contributed by atoms with Crippen molar-refractivity contribution in [3.8, 4) is 0 Å². The highest BCUT2D eigenvalue weighted by Gasteiger charge is 2.08. The number of rotatable bonds is 1. The monoisotopic (exact) mass is 232 g/mol. The topological polar surface area (TPSA) is 55.1 Å². The molecule has 0 radical (unpaired) electrons. The lowest BCUT2D eigenvalue weighted by atomic mass is 10.2.